The lowest BCUT2D eigenvalue weighted by Gasteiger charge is -2.20. The molecule has 5 heteroatoms. The Kier molecular flexibility index (Phi) is 4.53. The second kappa shape index (κ2) is 6.34. The van der Waals surface area contributed by atoms with E-state index in [4.69, 9.17) is 0 Å². The summed E-state index contributed by atoms with van der Waals surface area (Å²) in [5, 5.41) is 13.1. The van der Waals surface area contributed by atoms with Crippen LogP contribution >= 0.6 is 0 Å². The van der Waals surface area contributed by atoms with Crippen LogP contribution in [0.5, 0.6) is 0 Å². The molecule has 0 saturated heterocycles. The second-order valence-corrected chi connectivity index (χ2v) is 4.95. The first-order chi connectivity index (χ1) is 9.56. The monoisotopic (exact) mass is 272 g/mol. The van der Waals surface area contributed by atoms with Crippen molar-refractivity contribution in [3.8, 4) is 0 Å². The number of aromatic amines is 1. The molecule has 5 nitrogen and oxygen atoms in total. The van der Waals surface area contributed by atoms with Gasteiger partial charge in [-0.05, 0) is 31.5 Å². The van der Waals surface area contributed by atoms with E-state index in [0.717, 1.165) is 16.8 Å². The zero-order valence-electron chi connectivity index (χ0n) is 12.0. The van der Waals surface area contributed by atoms with Crippen LogP contribution in [0.4, 0.5) is 5.69 Å². The summed E-state index contributed by atoms with van der Waals surface area (Å²) in [5.41, 5.74) is 3.07. The molecule has 106 valence electrons. The lowest BCUT2D eigenvalue weighted by atomic mass is 10.1. The number of carbonyl (C=O) groups is 1. The third-order valence-electron chi connectivity index (χ3n) is 3.23. The molecule has 0 bridgehead atoms. The average molecular weight is 272 g/mol. The largest absolute Gasteiger partial charge is 0.326 e. The van der Waals surface area contributed by atoms with Crippen LogP contribution in [0.25, 0.3) is 0 Å². The highest BCUT2D eigenvalue weighted by Gasteiger charge is 2.12. The van der Waals surface area contributed by atoms with Gasteiger partial charge in [0.1, 0.15) is 0 Å². The molecular weight excluding hydrogens is 252 g/mol. The molecule has 0 aliphatic carbocycles. The number of hydrogen-bond donors (Lipinski definition) is 3. The van der Waals surface area contributed by atoms with Gasteiger partial charge in [0, 0.05) is 36.5 Å². The van der Waals surface area contributed by atoms with Crippen molar-refractivity contribution in [2.24, 2.45) is 0 Å². The zero-order chi connectivity index (χ0) is 14.5. The van der Waals surface area contributed by atoms with Crippen LogP contribution in [-0.2, 0) is 4.79 Å². The highest BCUT2D eigenvalue weighted by Crippen LogP contribution is 2.21. The first-order valence-electron chi connectivity index (χ1n) is 6.68. The maximum atomic E-state index is 11.1. The number of hydrogen-bond acceptors (Lipinski definition) is 3. The maximum absolute atomic E-state index is 11.1. The highest BCUT2D eigenvalue weighted by atomic mass is 16.1. The van der Waals surface area contributed by atoms with Crippen LogP contribution in [0.2, 0.25) is 0 Å². The third-order valence-corrected chi connectivity index (χ3v) is 3.23. The van der Waals surface area contributed by atoms with Crippen molar-refractivity contribution in [2.75, 3.05) is 5.32 Å². The second-order valence-electron chi connectivity index (χ2n) is 4.95. The first kappa shape index (κ1) is 14.3. The zero-order valence-corrected chi connectivity index (χ0v) is 12.0. The molecule has 1 aromatic heterocycles. The number of benzene rings is 1. The van der Waals surface area contributed by atoms with Crippen LogP contribution in [0, 0.1) is 0 Å². The first-order valence-corrected chi connectivity index (χ1v) is 6.68. The molecule has 2 aromatic rings. The molecule has 0 aliphatic rings. The van der Waals surface area contributed by atoms with Crippen molar-refractivity contribution in [1.82, 2.24) is 15.5 Å². The van der Waals surface area contributed by atoms with Crippen LogP contribution in [-0.4, -0.2) is 16.1 Å². The smallest absolute Gasteiger partial charge is 0.221 e. The molecule has 1 heterocycles. The quantitative estimate of drug-likeness (QED) is 0.784. The summed E-state index contributed by atoms with van der Waals surface area (Å²) in [6.07, 6.45) is 3.70. The van der Waals surface area contributed by atoms with Crippen molar-refractivity contribution in [1.29, 1.82) is 0 Å². The number of nitrogens with one attached hydrogen (secondary N) is 3. The molecular formula is C15H20N4O. The molecule has 2 unspecified atom stereocenters. The van der Waals surface area contributed by atoms with Gasteiger partial charge in [-0.2, -0.15) is 5.10 Å². The highest BCUT2D eigenvalue weighted by molar-refractivity contribution is 5.88. The molecule has 2 atom stereocenters. The number of carbonyl (C=O) groups excluding carboxylic acids is 1. The Bertz CT molecular complexity index is 565. The van der Waals surface area contributed by atoms with Crippen LogP contribution < -0.4 is 10.6 Å². The Balaban J connectivity index is 2.05. The maximum Gasteiger partial charge on any atom is 0.221 e. The molecule has 0 aliphatic heterocycles. The number of nitrogens with zero attached hydrogens (tertiary/aromatic N) is 1. The van der Waals surface area contributed by atoms with Crippen molar-refractivity contribution in [2.45, 2.75) is 32.9 Å². The molecule has 1 aromatic carbocycles. The molecule has 0 spiro atoms. The van der Waals surface area contributed by atoms with Gasteiger partial charge in [-0.1, -0.05) is 12.1 Å². The van der Waals surface area contributed by atoms with E-state index < -0.39 is 0 Å². The summed E-state index contributed by atoms with van der Waals surface area (Å²) in [7, 11) is 0. The minimum absolute atomic E-state index is 0.0606. The van der Waals surface area contributed by atoms with E-state index in [1.807, 2.05) is 36.7 Å². The molecule has 1 amide bonds. The van der Waals surface area contributed by atoms with Gasteiger partial charge in [0.2, 0.25) is 5.91 Å². The summed E-state index contributed by atoms with van der Waals surface area (Å²) in [4.78, 5) is 11.1. The normalized spacial score (nSPS) is 13.8. The molecule has 0 radical (unpaired) electrons. The van der Waals surface area contributed by atoms with Gasteiger partial charge >= 0.3 is 0 Å². The van der Waals surface area contributed by atoms with Gasteiger partial charge in [0.05, 0.1) is 6.20 Å². The minimum Gasteiger partial charge on any atom is -0.326 e. The summed E-state index contributed by atoms with van der Waals surface area (Å²) in [6.45, 7) is 5.71. The Hall–Kier alpha value is -2.14. The summed E-state index contributed by atoms with van der Waals surface area (Å²) in [6, 6.07) is 8.24. The topological polar surface area (TPSA) is 69.8 Å². The Morgan fingerprint density at radius 3 is 2.65 bits per heavy atom. The van der Waals surface area contributed by atoms with Gasteiger partial charge in [-0.3, -0.25) is 9.89 Å². The lowest BCUT2D eigenvalue weighted by molar-refractivity contribution is -0.114. The van der Waals surface area contributed by atoms with Crippen LogP contribution in [0.1, 0.15) is 44.0 Å². The number of rotatable bonds is 5. The van der Waals surface area contributed by atoms with E-state index in [2.05, 4.69) is 34.7 Å². The summed E-state index contributed by atoms with van der Waals surface area (Å²) >= 11 is 0. The number of H-pyrrole nitrogens is 1. The average Bonchev–Trinajstić information content (AvgIpc) is 2.92. The fraction of sp³-hybridized carbons (Fsp3) is 0.333. The van der Waals surface area contributed by atoms with Gasteiger partial charge < -0.3 is 10.6 Å². The fourth-order valence-electron chi connectivity index (χ4n) is 2.15. The summed E-state index contributed by atoms with van der Waals surface area (Å²) < 4.78 is 0. The van der Waals surface area contributed by atoms with Gasteiger partial charge in [-0.15, -0.1) is 0 Å². The Morgan fingerprint density at radius 2 is 2.00 bits per heavy atom. The van der Waals surface area contributed by atoms with Gasteiger partial charge in [0.15, 0.2) is 0 Å². The van der Waals surface area contributed by atoms with Crippen molar-refractivity contribution in [3.63, 3.8) is 0 Å². The number of aromatic nitrogens is 2. The third kappa shape index (κ3) is 3.68. The Labute approximate surface area is 118 Å². The van der Waals surface area contributed by atoms with Crippen LogP contribution in [0.15, 0.2) is 36.7 Å². The molecule has 2 rings (SSSR count). The van der Waals surface area contributed by atoms with Crippen LogP contribution in [0.3, 0.4) is 0 Å². The van der Waals surface area contributed by atoms with Crippen molar-refractivity contribution >= 4 is 11.6 Å². The number of amides is 1. The van der Waals surface area contributed by atoms with E-state index in [1.165, 1.54) is 6.92 Å². The molecule has 0 fully saturated rings. The standard InChI is InChI=1S/C15H20N4O/c1-10(18-11(2)14-8-16-17-9-14)13-5-4-6-15(7-13)19-12(3)20/h4-11,18H,1-3H3,(H,16,17)(H,19,20). The Morgan fingerprint density at radius 1 is 1.25 bits per heavy atom. The predicted molar refractivity (Wildman–Crippen MR) is 79.3 cm³/mol. The fourth-order valence-corrected chi connectivity index (χ4v) is 2.15. The molecule has 20 heavy (non-hydrogen) atoms. The van der Waals surface area contributed by atoms with Crippen molar-refractivity contribution in [3.05, 3.63) is 47.8 Å². The van der Waals surface area contributed by atoms with E-state index in [9.17, 15) is 4.79 Å². The van der Waals surface area contributed by atoms with Gasteiger partial charge in [0.25, 0.3) is 0 Å². The SMILES string of the molecule is CC(=O)Nc1cccc(C(C)NC(C)c2cn[nH]c2)c1. The predicted octanol–water partition coefficient (Wildman–Crippen LogP) is 2.78. The molecule has 3 N–H and O–H groups in total. The van der Waals surface area contributed by atoms with Gasteiger partial charge in [-0.25, -0.2) is 0 Å². The number of anilines is 1. The minimum atomic E-state index is -0.0606. The lowest BCUT2D eigenvalue weighted by Crippen LogP contribution is -2.22. The van der Waals surface area contributed by atoms with E-state index in [0.29, 0.717) is 0 Å². The van der Waals surface area contributed by atoms with E-state index in [1.54, 1.807) is 0 Å². The van der Waals surface area contributed by atoms with E-state index >= 15 is 0 Å². The van der Waals surface area contributed by atoms with E-state index in [-0.39, 0.29) is 18.0 Å². The molecule has 0 saturated carbocycles. The van der Waals surface area contributed by atoms with Crippen molar-refractivity contribution < 1.29 is 4.79 Å². The summed E-state index contributed by atoms with van der Waals surface area (Å²) in [5.74, 6) is -0.0606.